The van der Waals surface area contributed by atoms with Crippen molar-refractivity contribution in [3.05, 3.63) is 65.7 Å². The predicted molar refractivity (Wildman–Crippen MR) is 87.3 cm³/mol. The first kappa shape index (κ1) is 16.7. The molecule has 0 heterocycles. The van der Waals surface area contributed by atoms with Gasteiger partial charge in [-0.2, -0.15) is 0 Å². The summed E-state index contributed by atoms with van der Waals surface area (Å²) in [4.78, 5) is 24.3. The largest absolute Gasteiger partial charge is 0.488 e. The van der Waals surface area contributed by atoms with Gasteiger partial charge < -0.3 is 9.47 Å². The van der Waals surface area contributed by atoms with Gasteiger partial charge in [-0.1, -0.05) is 42.5 Å². The quantitative estimate of drug-likeness (QED) is 0.445. The number of carbonyl (C=O) groups excluding carboxylic acids is 2. The van der Waals surface area contributed by atoms with Gasteiger partial charge in [-0.05, 0) is 31.5 Å². The molecule has 0 spiro atoms. The fourth-order valence-corrected chi connectivity index (χ4v) is 2.14. The number of esters is 1. The van der Waals surface area contributed by atoms with Crippen molar-refractivity contribution in [3.63, 3.8) is 0 Å². The average molecular weight is 312 g/mol. The highest BCUT2D eigenvalue weighted by atomic mass is 16.5. The van der Waals surface area contributed by atoms with E-state index < -0.39 is 11.9 Å². The number of hydrogen-bond acceptors (Lipinski definition) is 4. The number of benzene rings is 2. The topological polar surface area (TPSA) is 52.6 Å². The van der Waals surface area contributed by atoms with Gasteiger partial charge in [-0.3, -0.25) is 9.59 Å². The van der Waals surface area contributed by atoms with Crippen LogP contribution in [0.25, 0.3) is 0 Å². The van der Waals surface area contributed by atoms with Gasteiger partial charge in [-0.15, -0.1) is 0 Å². The van der Waals surface area contributed by atoms with Gasteiger partial charge in [0.2, 0.25) is 0 Å². The number of ether oxygens (including phenoxy) is 2. The molecule has 1 atom stereocenters. The lowest BCUT2D eigenvalue weighted by molar-refractivity contribution is -0.145. The Morgan fingerprint density at radius 3 is 2.35 bits per heavy atom. The third-order valence-electron chi connectivity index (χ3n) is 3.42. The molecule has 0 fully saturated rings. The molecule has 0 amide bonds. The third kappa shape index (κ3) is 4.42. The molecule has 0 bridgehead atoms. The molecule has 0 N–H and O–H groups in total. The summed E-state index contributed by atoms with van der Waals surface area (Å²) in [5.41, 5.74) is 1.40. The van der Waals surface area contributed by atoms with Crippen LogP contribution in [0.1, 0.15) is 29.8 Å². The summed E-state index contributed by atoms with van der Waals surface area (Å²) in [5, 5.41) is 0. The zero-order valence-electron chi connectivity index (χ0n) is 13.3. The molecule has 2 aromatic carbocycles. The van der Waals surface area contributed by atoms with Crippen molar-refractivity contribution in [2.75, 3.05) is 6.61 Å². The second-order valence-electron chi connectivity index (χ2n) is 5.11. The molecular formula is C19H20O4. The number of Topliss-reactive ketones (excluding diaryl/α,β-unsaturated/α-hetero) is 1. The van der Waals surface area contributed by atoms with E-state index in [1.807, 2.05) is 30.3 Å². The molecule has 2 rings (SSSR count). The highest BCUT2D eigenvalue weighted by Gasteiger charge is 2.26. The maximum Gasteiger partial charge on any atom is 0.316 e. The normalized spacial score (nSPS) is 11.6. The molecule has 4 heteroatoms. The Morgan fingerprint density at radius 1 is 1.00 bits per heavy atom. The number of ketones is 1. The number of rotatable bonds is 7. The highest BCUT2D eigenvalue weighted by molar-refractivity contribution is 6.09. The van der Waals surface area contributed by atoms with Gasteiger partial charge >= 0.3 is 5.97 Å². The number of para-hydroxylation sites is 1. The summed E-state index contributed by atoms with van der Waals surface area (Å²) in [6.07, 6.45) is 0. The summed E-state index contributed by atoms with van der Waals surface area (Å²) < 4.78 is 10.7. The first-order valence-corrected chi connectivity index (χ1v) is 7.60. The Bertz CT molecular complexity index is 664. The maximum atomic E-state index is 12.5. The van der Waals surface area contributed by atoms with Crippen LogP contribution in [0.15, 0.2) is 54.6 Å². The van der Waals surface area contributed by atoms with Crippen molar-refractivity contribution >= 4 is 11.8 Å². The van der Waals surface area contributed by atoms with Crippen molar-refractivity contribution < 1.29 is 19.1 Å². The molecular weight excluding hydrogens is 292 g/mol. The van der Waals surface area contributed by atoms with Crippen LogP contribution < -0.4 is 4.74 Å². The Morgan fingerprint density at radius 2 is 1.65 bits per heavy atom. The Labute approximate surface area is 136 Å². The van der Waals surface area contributed by atoms with Gasteiger partial charge in [0.25, 0.3) is 0 Å². The van der Waals surface area contributed by atoms with Gasteiger partial charge in [0.1, 0.15) is 18.3 Å². The number of hydrogen-bond donors (Lipinski definition) is 0. The van der Waals surface area contributed by atoms with Crippen molar-refractivity contribution in [2.24, 2.45) is 5.92 Å². The molecule has 2 aromatic rings. The molecule has 0 aliphatic carbocycles. The Kier molecular flexibility index (Phi) is 5.92. The summed E-state index contributed by atoms with van der Waals surface area (Å²) in [6, 6.07) is 16.6. The predicted octanol–water partition coefficient (Wildman–Crippen LogP) is 3.65. The van der Waals surface area contributed by atoms with Crippen LogP contribution in [0.2, 0.25) is 0 Å². The molecule has 0 aliphatic rings. The van der Waals surface area contributed by atoms with Crippen LogP contribution in [-0.2, 0) is 16.1 Å². The SMILES string of the molecule is CCOC(=O)C(C)C(=O)c1ccccc1OCc1ccccc1. The molecule has 0 radical (unpaired) electrons. The van der Waals surface area contributed by atoms with Crippen molar-refractivity contribution in [3.8, 4) is 5.75 Å². The summed E-state index contributed by atoms with van der Waals surface area (Å²) in [7, 11) is 0. The van der Waals surface area contributed by atoms with Crippen LogP contribution in [0, 0.1) is 5.92 Å². The second-order valence-corrected chi connectivity index (χ2v) is 5.11. The van der Waals surface area contributed by atoms with E-state index in [0.717, 1.165) is 5.56 Å². The monoisotopic (exact) mass is 312 g/mol. The van der Waals surface area contributed by atoms with Crippen LogP contribution in [0.4, 0.5) is 0 Å². The lowest BCUT2D eigenvalue weighted by atomic mass is 9.98. The fourth-order valence-electron chi connectivity index (χ4n) is 2.14. The van der Waals surface area contributed by atoms with Gasteiger partial charge in [0, 0.05) is 0 Å². The molecule has 1 unspecified atom stereocenters. The molecule has 4 nitrogen and oxygen atoms in total. The lowest BCUT2D eigenvalue weighted by Gasteiger charge is -2.14. The van der Waals surface area contributed by atoms with E-state index in [1.54, 1.807) is 38.1 Å². The van der Waals surface area contributed by atoms with Crippen molar-refractivity contribution in [2.45, 2.75) is 20.5 Å². The minimum absolute atomic E-state index is 0.253. The van der Waals surface area contributed by atoms with E-state index in [4.69, 9.17) is 9.47 Å². The number of carbonyl (C=O) groups is 2. The van der Waals surface area contributed by atoms with Gasteiger partial charge in [0.05, 0.1) is 12.2 Å². The van der Waals surface area contributed by atoms with Crippen LogP contribution >= 0.6 is 0 Å². The smallest absolute Gasteiger partial charge is 0.316 e. The highest BCUT2D eigenvalue weighted by Crippen LogP contribution is 2.23. The molecule has 0 saturated heterocycles. The third-order valence-corrected chi connectivity index (χ3v) is 3.42. The van der Waals surface area contributed by atoms with E-state index in [9.17, 15) is 9.59 Å². The van der Waals surface area contributed by atoms with Gasteiger partial charge in [-0.25, -0.2) is 0 Å². The Balaban J connectivity index is 2.13. The minimum Gasteiger partial charge on any atom is -0.488 e. The second kappa shape index (κ2) is 8.13. The van der Waals surface area contributed by atoms with E-state index in [1.165, 1.54) is 0 Å². The van der Waals surface area contributed by atoms with E-state index in [0.29, 0.717) is 17.9 Å². The average Bonchev–Trinajstić information content (AvgIpc) is 2.60. The summed E-state index contributed by atoms with van der Waals surface area (Å²) >= 11 is 0. The van der Waals surface area contributed by atoms with Crippen LogP contribution in [0.3, 0.4) is 0 Å². The maximum absolute atomic E-state index is 12.5. The zero-order chi connectivity index (χ0) is 16.7. The molecule has 23 heavy (non-hydrogen) atoms. The lowest BCUT2D eigenvalue weighted by Crippen LogP contribution is -2.24. The minimum atomic E-state index is -0.851. The standard InChI is InChI=1S/C19H20O4/c1-3-22-19(21)14(2)18(20)16-11-7-8-12-17(16)23-13-15-9-5-4-6-10-15/h4-12,14H,3,13H2,1-2H3. The first-order chi connectivity index (χ1) is 11.1. The zero-order valence-corrected chi connectivity index (χ0v) is 13.3. The van der Waals surface area contributed by atoms with Crippen molar-refractivity contribution in [1.29, 1.82) is 0 Å². The Hall–Kier alpha value is -2.62. The van der Waals surface area contributed by atoms with E-state index >= 15 is 0 Å². The van der Waals surface area contributed by atoms with Crippen LogP contribution in [0.5, 0.6) is 5.75 Å². The first-order valence-electron chi connectivity index (χ1n) is 7.60. The molecule has 0 aliphatic heterocycles. The van der Waals surface area contributed by atoms with E-state index in [2.05, 4.69) is 0 Å². The summed E-state index contributed by atoms with van der Waals surface area (Å²) in [6.45, 7) is 3.88. The van der Waals surface area contributed by atoms with E-state index in [-0.39, 0.29) is 12.4 Å². The molecule has 0 aromatic heterocycles. The summed E-state index contributed by atoms with van der Waals surface area (Å²) in [5.74, 6) is -1.20. The van der Waals surface area contributed by atoms with Crippen LogP contribution in [-0.4, -0.2) is 18.4 Å². The molecule has 120 valence electrons. The fraction of sp³-hybridized carbons (Fsp3) is 0.263. The van der Waals surface area contributed by atoms with Crippen molar-refractivity contribution in [1.82, 2.24) is 0 Å². The van der Waals surface area contributed by atoms with Gasteiger partial charge in [0.15, 0.2) is 5.78 Å². The molecule has 0 saturated carbocycles.